The van der Waals surface area contributed by atoms with Gasteiger partial charge in [-0.25, -0.2) is 4.39 Å². The molecular weight excluding hydrogens is 223 g/mol. The number of amides is 2. The van der Waals surface area contributed by atoms with E-state index >= 15 is 0 Å². The van der Waals surface area contributed by atoms with Gasteiger partial charge in [-0.1, -0.05) is 6.07 Å². The van der Waals surface area contributed by atoms with Gasteiger partial charge in [0.15, 0.2) is 0 Å². The van der Waals surface area contributed by atoms with Gasteiger partial charge >= 0.3 is 0 Å². The van der Waals surface area contributed by atoms with Crippen LogP contribution >= 0.6 is 0 Å². The van der Waals surface area contributed by atoms with E-state index in [1.807, 2.05) is 0 Å². The molecule has 1 aromatic rings. The Balaban J connectivity index is 1.81. The maximum atomic E-state index is 12.8. The van der Waals surface area contributed by atoms with Gasteiger partial charge in [0, 0.05) is 11.7 Å². The van der Waals surface area contributed by atoms with Crippen molar-refractivity contribution in [3.05, 3.63) is 30.1 Å². The van der Waals surface area contributed by atoms with Crippen LogP contribution in [0.3, 0.4) is 0 Å². The van der Waals surface area contributed by atoms with Crippen LogP contribution < -0.4 is 10.6 Å². The summed E-state index contributed by atoms with van der Waals surface area (Å²) in [7, 11) is 0. The van der Waals surface area contributed by atoms with E-state index in [9.17, 15) is 14.0 Å². The van der Waals surface area contributed by atoms with Crippen LogP contribution in [0.4, 0.5) is 10.1 Å². The van der Waals surface area contributed by atoms with E-state index in [1.165, 1.54) is 18.2 Å². The summed E-state index contributed by atoms with van der Waals surface area (Å²) >= 11 is 0. The predicted molar refractivity (Wildman–Crippen MR) is 60.8 cm³/mol. The first kappa shape index (κ1) is 11.6. The van der Waals surface area contributed by atoms with Crippen molar-refractivity contribution < 1.29 is 14.0 Å². The van der Waals surface area contributed by atoms with Gasteiger partial charge in [0.2, 0.25) is 11.8 Å². The highest BCUT2D eigenvalue weighted by atomic mass is 19.1. The lowest BCUT2D eigenvalue weighted by molar-refractivity contribution is -0.126. The number of nitrogens with one attached hydrogen (secondary N) is 2. The van der Waals surface area contributed by atoms with Gasteiger partial charge in [0.1, 0.15) is 12.2 Å². The molecule has 17 heavy (non-hydrogen) atoms. The summed E-state index contributed by atoms with van der Waals surface area (Å²) in [4.78, 5) is 22.8. The molecule has 0 atom stereocenters. The minimum absolute atomic E-state index is 0.229. The Morgan fingerprint density at radius 1 is 1.29 bits per heavy atom. The summed E-state index contributed by atoms with van der Waals surface area (Å²) < 4.78 is 12.8. The van der Waals surface area contributed by atoms with Gasteiger partial charge in [0.05, 0.1) is 0 Å². The Morgan fingerprint density at radius 2 is 2.06 bits per heavy atom. The number of halogens is 1. The summed E-state index contributed by atoms with van der Waals surface area (Å²) in [6, 6.07) is 5.80. The van der Waals surface area contributed by atoms with Crippen LogP contribution in [-0.2, 0) is 9.59 Å². The molecule has 2 N–H and O–H groups in total. The molecule has 5 heteroatoms. The fourth-order valence-electron chi connectivity index (χ4n) is 1.42. The zero-order valence-corrected chi connectivity index (χ0v) is 9.20. The maximum Gasteiger partial charge on any atom is 0.233 e. The van der Waals surface area contributed by atoms with Crippen molar-refractivity contribution in [3.63, 3.8) is 0 Å². The molecule has 0 aliphatic heterocycles. The molecule has 1 aliphatic rings. The number of hydrogen-bond acceptors (Lipinski definition) is 2. The van der Waals surface area contributed by atoms with E-state index in [-0.39, 0.29) is 18.4 Å². The van der Waals surface area contributed by atoms with E-state index in [2.05, 4.69) is 10.6 Å². The van der Waals surface area contributed by atoms with Gasteiger partial charge < -0.3 is 10.6 Å². The minimum atomic E-state index is -0.436. The monoisotopic (exact) mass is 236 g/mol. The number of benzene rings is 1. The third kappa shape index (κ3) is 3.86. The molecule has 0 spiro atoms. The lowest BCUT2D eigenvalue weighted by Crippen LogP contribution is -2.29. The van der Waals surface area contributed by atoms with E-state index in [4.69, 9.17) is 0 Å². The van der Waals surface area contributed by atoms with Crippen LogP contribution in [0.5, 0.6) is 0 Å². The lowest BCUT2D eigenvalue weighted by atomic mass is 10.3. The molecule has 1 aliphatic carbocycles. The Labute approximate surface area is 98.2 Å². The van der Waals surface area contributed by atoms with Crippen molar-refractivity contribution in [1.82, 2.24) is 5.32 Å². The van der Waals surface area contributed by atoms with Gasteiger partial charge in [0.25, 0.3) is 0 Å². The van der Waals surface area contributed by atoms with Crippen LogP contribution in [0.1, 0.15) is 19.3 Å². The normalized spacial score (nSPS) is 14.2. The second-order valence-corrected chi connectivity index (χ2v) is 4.08. The first-order valence-corrected chi connectivity index (χ1v) is 5.48. The average molecular weight is 236 g/mol. The molecule has 1 aromatic carbocycles. The molecule has 2 amide bonds. The highest BCUT2D eigenvalue weighted by Gasteiger charge is 2.24. The van der Waals surface area contributed by atoms with Gasteiger partial charge in [-0.05, 0) is 31.0 Å². The van der Waals surface area contributed by atoms with Crippen molar-refractivity contribution in [3.8, 4) is 0 Å². The van der Waals surface area contributed by atoms with Gasteiger partial charge in [-0.2, -0.15) is 0 Å². The van der Waals surface area contributed by atoms with Crippen LogP contribution in [0.15, 0.2) is 24.3 Å². The molecule has 2 rings (SSSR count). The number of carbonyl (C=O) groups excluding carboxylic acids is 2. The Kier molecular flexibility index (Phi) is 3.37. The van der Waals surface area contributed by atoms with Crippen molar-refractivity contribution in [1.29, 1.82) is 0 Å². The van der Waals surface area contributed by atoms with Gasteiger partial charge in [-0.15, -0.1) is 0 Å². The summed E-state index contributed by atoms with van der Waals surface area (Å²) in [5.74, 6) is -1.15. The molecule has 0 saturated heterocycles. The summed E-state index contributed by atoms with van der Waals surface area (Å²) in [6.07, 6.45) is 1.74. The summed E-state index contributed by atoms with van der Waals surface area (Å²) in [5, 5.41) is 5.18. The van der Waals surface area contributed by atoms with Crippen molar-refractivity contribution in [2.45, 2.75) is 25.3 Å². The second kappa shape index (κ2) is 4.95. The zero-order chi connectivity index (χ0) is 12.3. The third-order valence-corrected chi connectivity index (χ3v) is 2.37. The highest BCUT2D eigenvalue weighted by molar-refractivity contribution is 6.03. The third-order valence-electron chi connectivity index (χ3n) is 2.37. The van der Waals surface area contributed by atoms with Crippen molar-refractivity contribution in [2.24, 2.45) is 0 Å². The van der Waals surface area contributed by atoms with Crippen LogP contribution in [0.25, 0.3) is 0 Å². The number of anilines is 1. The largest absolute Gasteiger partial charge is 0.353 e. The second-order valence-electron chi connectivity index (χ2n) is 4.08. The highest BCUT2D eigenvalue weighted by Crippen LogP contribution is 2.18. The van der Waals surface area contributed by atoms with E-state index < -0.39 is 11.7 Å². The number of hydrogen-bond donors (Lipinski definition) is 2. The smallest absolute Gasteiger partial charge is 0.233 e. The van der Waals surface area contributed by atoms with Crippen molar-refractivity contribution in [2.75, 3.05) is 5.32 Å². The standard InChI is InChI=1S/C12H13FN2O2/c13-8-2-1-3-10(6-8)15-12(17)7-11(16)14-9-4-5-9/h1-3,6,9H,4-5,7H2,(H,14,16)(H,15,17). The molecule has 0 heterocycles. The molecular formula is C12H13FN2O2. The van der Waals surface area contributed by atoms with E-state index in [1.54, 1.807) is 6.07 Å². The molecule has 0 bridgehead atoms. The molecule has 4 nitrogen and oxygen atoms in total. The van der Waals surface area contributed by atoms with Crippen LogP contribution in [0, 0.1) is 5.82 Å². The molecule has 0 aromatic heterocycles. The molecule has 1 saturated carbocycles. The van der Waals surface area contributed by atoms with E-state index in [0.29, 0.717) is 5.69 Å². The first-order valence-electron chi connectivity index (χ1n) is 5.48. The predicted octanol–water partition coefficient (Wildman–Crippen LogP) is 1.43. The lowest BCUT2D eigenvalue weighted by Gasteiger charge is -2.05. The Morgan fingerprint density at radius 3 is 2.71 bits per heavy atom. The van der Waals surface area contributed by atoms with Crippen molar-refractivity contribution >= 4 is 17.5 Å². The van der Waals surface area contributed by atoms with Gasteiger partial charge in [-0.3, -0.25) is 9.59 Å². The Bertz CT molecular complexity index is 444. The molecule has 90 valence electrons. The fraction of sp³-hybridized carbons (Fsp3) is 0.333. The molecule has 0 radical (unpaired) electrons. The first-order chi connectivity index (χ1) is 8.13. The Hall–Kier alpha value is -1.91. The molecule has 1 fully saturated rings. The minimum Gasteiger partial charge on any atom is -0.353 e. The maximum absolute atomic E-state index is 12.8. The average Bonchev–Trinajstić information content (AvgIpc) is 3.00. The van der Waals surface area contributed by atoms with Crippen LogP contribution in [0.2, 0.25) is 0 Å². The molecule has 0 unspecified atom stereocenters. The fourth-order valence-corrected chi connectivity index (χ4v) is 1.42. The topological polar surface area (TPSA) is 58.2 Å². The zero-order valence-electron chi connectivity index (χ0n) is 9.20. The number of carbonyl (C=O) groups is 2. The SMILES string of the molecule is O=C(CC(=O)NC1CC1)Nc1cccc(F)c1. The number of rotatable bonds is 4. The van der Waals surface area contributed by atoms with E-state index in [0.717, 1.165) is 12.8 Å². The summed E-state index contributed by atoms with van der Waals surface area (Å²) in [6.45, 7) is 0. The van der Waals surface area contributed by atoms with Crippen LogP contribution in [-0.4, -0.2) is 17.9 Å². The summed E-state index contributed by atoms with van der Waals surface area (Å²) in [5.41, 5.74) is 0.356. The quantitative estimate of drug-likeness (QED) is 0.777.